The number of hydrogen-bond acceptors (Lipinski definition) is 6. The topological polar surface area (TPSA) is 69.4 Å². The molecule has 6 nitrogen and oxygen atoms in total. The Morgan fingerprint density at radius 3 is 2.82 bits per heavy atom. The molecule has 1 rings (SSSR count). The highest BCUT2D eigenvalue weighted by Gasteiger charge is 2.26. The highest BCUT2D eigenvalue weighted by molar-refractivity contribution is 4.97. The summed E-state index contributed by atoms with van der Waals surface area (Å²) in [5.74, 6) is 1.13. The number of methoxy groups -OCH3 is 1. The molecule has 1 N–H and O–H groups in total. The van der Waals surface area contributed by atoms with Gasteiger partial charge in [0.25, 0.3) is 0 Å². The van der Waals surface area contributed by atoms with Gasteiger partial charge in [-0.25, -0.2) is 0 Å². The summed E-state index contributed by atoms with van der Waals surface area (Å²) in [7, 11) is 1.66. The smallest absolute Gasteiger partial charge is 0.240 e. The van der Waals surface area contributed by atoms with Crippen molar-refractivity contribution in [2.45, 2.75) is 32.9 Å². The second-order valence-electron chi connectivity index (χ2n) is 4.12. The predicted octanol–water partition coefficient (Wildman–Crippen LogP) is 1.08. The van der Waals surface area contributed by atoms with E-state index in [1.165, 1.54) is 0 Å². The van der Waals surface area contributed by atoms with Crippen molar-refractivity contribution >= 4 is 0 Å². The molecule has 0 unspecified atom stereocenters. The zero-order chi connectivity index (χ0) is 12.7. The minimum Gasteiger partial charge on any atom is -0.383 e. The Bertz CT molecular complexity index is 326. The molecule has 0 saturated carbocycles. The molecule has 0 spiro atoms. The fourth-order valence-corrected chi connectivity index (χ4v) is 1.37. The minimum atomic E-state index is -0.511. The fraction of sp³-hybridized carbons (Fsp3) is 0.818. The van der Waals surface area contributed by atoms with E-state index in [0.29, 0.717) is 31.5 Å². The van der Waals surface area contributed by atoms with Gasteiger partial charge in [-0.3, -0.25) is 0 Å². The SMILES string of the molecule is CCOC(C)(C)c1noc(CNCCOC)n1. The van der Waals surface area contributed by atoms with Crippen molar-refractivity contribution < 1.29 is 14.0 Å². The van der Waals surface area contributed by atoms with Crippen molar-refractivity contribution in [3.05, 3.63) is 11.7 Å². The highest BCUT2D eigenvalue weighted by Crippen LogP contribution is 2.21. The molecular formula is C11H21N3O3. The van der Waals surface area contributed by atoms with Gasteiger partial charge in [0, 0.05) is 20.3 Å². The Hall–Kier alpha value is -0.980. The number of nitrogens with zero attached hydrogens (tertiary/aromatic N) is 2. The van der Waals surface area contributed by atoms with Crippen LogP contribution in [-0.2, 0) is 21.6 Å². The Morgan fingerprint density at radius 1 is 1.41 bits per heavy atom. The van der Waals surface area contributed by atoms with Gasteiger partial charge >= 0.3 is 0 Å². The number of rotatable bonds is 8. The van der Waals surface area contributed by atoms with E-state index in [-0.39, 0.29) is 0 Å². The summed E-state index contributed by atoms with van der Waals surface area (Å²) in [4.78, 5) is 4.29. The molecular weight excluding hydrogens is 222 g/mol. The normalized spacial score (nSPS) is 12.0. The lowest BCUT2D eigenvalue weighted by Gasteiger charge is -2.19. The summed E-state index contributed by atoms with van der Waals surface area (Å²) in [6.07, 6.45) is 0. The maximum Gasteiger partial charge on any atom is 0.240 e. The van der Waals surface area contributed by atoms with Gasteiger partial charge in [0.15, 0.2) is 0 Å². The molecule has 1 aromatic rings. The molecule has 0 aliphatic rings. The van der Waals surface area contributed by atoms with E-state index < -0.39 is 5.60 Å². The second kappa shape index (κ2) is 6.68. The van der Waals surface area contributed by atoms with Crippen molar-refractivity contribution in [1.29, 1.82) is 0 Å². The third-order valence-electron chi connectivity index (χ3n) is 2.27. The van der Waals surface area contributed by atoms with E-state index in [2.05, 4.69) is 15.5 Å². The third kappa shape index (κ3) is 4.41. The first-order chi connectivity index (χ1) is 8.10. The number of ether oxygens (including phenoxy) is 2. The van der Waals surface area contributed by atoms with E-state index in [9.17, 15) is 0 Å². The second-order valence-corrected chi connectivity index (χ2v) is 4.12. The number of aromatic nitrogens is 2. The standard InChI is InChI=1S/C11H21N3O3/c1-5-16-11(2,3)10-13-9(17-14-10)8-12-6-7-15-4/h12H,5-8H2,1-4H3. The van der Waals surface area contributed by atoms with Gasteiger partial charge in [-0.05, 0) is 20.8 Å². The molecule has 1 aromatic heterocycles. The molecule has 0 fully saturated rings. The molecule has 0 bridgehead atoms. The highest BCUT2D eigenvalue weighted by atomic mass is 16.5. The molecule has 98 valence electrons. The summed E-state index contributed by atoms with van der Waals surface area (Å²) < 4.78 is 15.6. The number of nitrogens with one attached hydrogen (secondary N) is 1. The lowest BCUT2D eigenvalue weighted by atomic mass is 10.1. The van der Waals surface area contributed by atoms with Crippen LogP contribution < -0.4 is 5.32 Å². The maximum atomic E-state index is 5.55. The first-order valence-corrected chi connectivity index (χ1v) is 5.77. The van der Waals surface area contributed by atoms with Gasteiger partial charge in [0.05, 0.1) is 13.2 Å². The number of hydrogen-bond donors (Lipinski definition) is 1. The predicted molar refractivity (Wildman–Crippen MR) is 62.5 cm³/mol. The largest absolute Gasteiger partial charge is 0.383 e. The molecule has 0 radical (unpaired) electrons. The third-order valence-corrected chi connectivity index (χ3v) is 2.27. The van der Waals surface area contributed by atoms with Crippen molar-refractivity contribution in [1.82, 2.24) is 15.5 Å². The lowest BCUT2D eigenvalue weighted by molar-refractivity contribution is -0.0221. The van der Waals surface area contributed by atoms with Gasteiger partial charge in [0.1, 0.15) is 5.60 Å². The van der Waals surface area contributed by atoms with E-state index in [1.54, 1.807) is 7.11 Å². The lowest BCUT2D eigenvalue weighted by Crippen LogP contribution is -2.23. The van der Waals surface area contributed by atoms with Gasteiger partial charge in [-0.1, -0.05) is 5.16 Å². The van der Waals surface area contributed by atoms with Crippen LogP contribution >= 0.6 is 0 Å². The summed E-state index contributed by atoms with van der Waals surface area (Å²) in [6, 6.07) is 0. The van der Waals surface area contributed by atoms with E-state index in [0.717, 1.165) is 6.54 Å². The summed E-state index contributed by atoms with van der Waals surface area (Å²) in [5, 5.41) is 7.06. The Morgan fingerprint density at radius 2 is 2.18 bits per heavy atom. The summed E-state index contributed by atoms with van der Waals surface area (Å²) in [6.45, 7) is 8.35. The molecule has 0 atom stereocenters. The van der Waals surface area contributed by atoms with Crippen LogP contribution in [0.2, 0.25) is 0 Å². The summed E-state index contributed by atoms with van der Waals surface area (Å²) >= 11 is 0. The first kappa shape index (κ1) is 14.1. The first-order valence-electron chi connectivity index (χ1n) is 5.77. The van der Waals surface area contributed by atoms with Crippen LogP contribution in [0, 0.1) is 0 Å². The van der Waals surface area contributed by atoms with E-state index in [1.807, 2.05) is 20.8 Å². The van der Waals surface area contributed by atoms with Gasteiger partial charge in [-0.2, -0.15) is 4.98 Å². The van der Waals surface area contributed by atoms with Crippen molar-refractivity contribution in [3.8, 4) is 0 Å². The molecule has 0 saturated heterocycles. The minimum absolute atomic E-state index is 0.511. The van der Waals surface area contributed by atoms with Crippen LogP contribution in [0.1, 0.15) is 32.5 Å². The fourth-order valence-electron chi connectivity index (χ4n) is 1.37. The molecule has 0 amide bonds. The van der Waals surface area contributed by atoms with E-state index >= 15 is 0 Å². The van der Waals surface area contributed by atoms with E-state index in [4.69, 9.17) is 14.0 Å². The van der Waals surface area contributed by atoms with Crippen molar-refractivity contribution in [2.24, 2.45) is 0 Å². The maximum absolute atomic E-state index is 5.55. The van der Waals surface area contributed by atoms with Gasteiger partial charge in [0.2, 0.25) is 11.7 Å². The molecule has 6 heteroatoms. The van der Waals surface area contributed by atoms with Crippen LogP contribution in [0.4, 0.5) is 0 Å². The molecule has 1 heterocycles. The average Bonchev–Trinajstić information content (AvgIpc) is 2.74. The molecule has 0 aliphatic heterocycles. The van der Waals surface area contributed by atoms with Crippen LogP contribution in [0.3, 0.4) is 0 Å². The van der Waals surface area contributed by atoms with Crippen molar-refractivity contribution in [3.63, 3.8) is 0 Å². The molecule has 17 heavy (non-hydrogen) atoms. The Labute approximate surface area is 102 Å². The Kier molecular flexibility index (Phi) is 5.54. The van der Waals surface area contributed by atoms with Crippen LogP contribution in [0.25, 0.3) is 0 Å². The van der Waals surface area contributed by atoms with Gasteiger partial charge < -0.3 is 19.3 Å². The monoisotopic (exact) mass is 243 g/mol. The van der Waals surface area contributed by atoms with Crippen LogP contribution in [0.5, 0.6) is 0 Å². The zero-order valence-electron chi connectivity index (χ0n) is 10.9. The van der Waals surface area contributed by atoms with Crippen molar-refractivity contribution in [2.75, 3.05) is 26.9 Å². The molecule has 0 aliphatic carbocycles. The van der Waals surface area contributed by atoms with Crippen LogP contribution in [-0.4, -0.2) is 37.0 Å². The summed E-state index contributed by atoms with van der Waals surface area (Å²) in [5.41, 5.74) is -0.511. The van der Waals surface area contributed by atoms with Crippen LogP contribution in [0.15, 0.2) is 4.52 Å². The zero-order valence-corrected chi connectivity index (χ0v) is 10.9. The molecule has 0 aromatic carbocycles. The average molecular weight is 243 g/mol. The van der Waals surface area contributed by atoms with Gasteiger partial charge in [-0.15, -0.1) is 0 Å². The quantitative estimate of drug-likeness (QED) is 0.689. The Balaban J connectivity index is 2.47.